The van der Waals surface area contributed by atoms with E-state index in [-0.39, 0.29) is 12.5 Å². The van der Waals surface area contributed by atoms with E-state index in [4.69, 9.17) is 28.0 Å². The van der Waals surface area contributed by atoms with Gasteiger partial charge < -0.3 is 9.74 Å². The van der Waals surface area contributed by atoms with Gasteiger partial charge in [-0.05, 0) is 23.6 Å². The highest BCUT2D eigenvalue weighted by Crippen LogP contribution is 2.24. The van der Waals surface area contributed by atoms with E-state index in [1.807, 2.05) is 12.1 Å². The Labute approximate surface area is 150 Å². The largest absolute Gasteiger partial charge is 0.386 e. The van der Waals surface area contributed by atoms with Gasteiger partial charge in [0.05, 0.1) is 16.3 Å². The SMILES string of the molecule is O=C(CO/N=C\c1cccc(Cl)c1Cl)N1CCc2ccccc2C1. The van der Waals surface area contributed by atoms with E-state index in [9.17, 15) is 4.79 Å². The monoisotopic (exact) mass is 362 g/mol. The van der Waals surface area contributed by atoms with E-state index in [0.717, 1.165) is 6.42 Å². The van der Waals surface area contributed by atoms with Crippen LogP contribution >= 0.6 is 23.2 Å². The molecule has 0 radical (unpaired) electrons. The third-order valence-electron chi connectivity index (χ3n) is 3.92. The maximum atomic E-state index is 12.2. The summed E-state index contributed by atoms with van der Waals surface area (Å²) in [5.41, 5.74) is 3.13. The Morgan fingerprint density at radius 2 is 1.96 bits per heavy atom. The molecule has 0 fully saturated rings. The van der Waals surface area contributed by atoms with Crippen LogP contribution in [0, 0.1) is 0 Å². The molecule has 1 amide bonds. The Bertz CT molecular complexity index is 777. The molecule has 0 saturated carbocycles. The van der Waals surface area contributed by atoms with Crippen LogP contribution in [0.2, 0.25) is 10.0 Å². The molecular weight excluding hydrogens is 347 g/mol. The van der Waals surface area contributed by atoms with Crippen molar-refractivity contribution in [3.05, 3.63) is 69.2 Å². The van der Waals surface area contributed by atoms with E-state index in [0.29, 0.717) is 28.7 Å². The first-order valence-corrected chi connectivity index (χ1v) is 8.34. The van der Waals surface area contributed by atoms with Crippen molar-refractivity contribution in [2.75, 3.05) is 13.2 Å². The van der Waals surface area contributed by atoms with Gasteiger partial charge >= 0.3 is 0 Å². The number of benzene rings is 2. The molecule has 2 aromatic rings. The number of oxime groups is 1. The van der Waals surface area contributed by atoms with Crippen molar-refractivity contribution in [3.8, 4) is 0 Å². The lowest BCUT2D eigenvalue weighted by molar-refractivity contribution is -0.137. The minimum atomic E-state index is -0.100. The van der Waals surface area contributed by atoms with Gasteiger partial charge in [0.2, 0.25) is 0 Å². The average molecular weight is 363 g/mol. The molecule has 1 aliphatic rings. The molecule has 4 nitrogen and oxygen atoms in total. The topological polar surface area (TPSA) is 41.9 Å². The molecular formula is C18H16Cl2N2O2. The highest BCUT2D eigenvalue weighted by atomic mass is 35.5. The zero-order chi connectivity index (χ0) is 16.9. The Kier molecular flexibility index (Phi) is 5.38. The fraction of sp³-hybridized carbons (Fsp3) is 0.222. The van der Waals surface area contributed by atoms with E-state index in [1.165, 1.54) is 17.3 Å². The number of rotatable bonds is 4. The first-order valence-electron chi connectivity index (χ1n) is 7.59. The fourth-order valence-corrected chi connectivity index (χ4v) is 2.96. The van der Waals surface area contributed by atoms with Crippen LogP contribution in [-0.4, -0.2) is 30.2 Å². The summed E-state index contributed by atoms with van der Waals surface area (Å²) in [4.78, 5) is 19.1. The third kappa shape index (κ3) is 3.89. The summed E-state index contributed by atoms with van der Waals surface area (Å²) in [6, 6.07) is 13.4. The molecule has 0 unspecified atom stereocenters. The molecule has 0 atom stereocenters. The Morgan fingerprint density at radius 3 is 2.79 bits per heavy atom. The number of carbonyl (C=O) groups excluding carboxylic acids is 1. The molecule has 3 rings (SSSR count). The van der Waals surface area contributed by atoms with Gasteiger partial charge in [-0.25, -0.2) is 0 Å². The predicted octanol–water partition coefficient (Wildman–Crippen LogP) is 3.93. The average Bonchev–Trinajstić information content (AvgIpc) is 2.61. The molecule has 1 heterocycles. The lowest BCUT2D eigenvalue weighted by atomic mass is 10.00. The summed E-state index contributed by atoms with van der Waals surface area (Å²) in [5.74, 6) is -0.0844. The first-order chi connectivity index (χ1) is 11.6. The smallest absolute Gasteiger partial charge is 0.263 e. The Balaban J connectivity index is 1.53. The molecule has 0 spiro atoms. The maximum absolute atomic E-state index is 12.2. The van der Waals surface area contributed by atoms with E-state index < -0.39 is 0 Å². The van der Waals surface area contributed by atoms with Crippen LogP contribution in [0.15, 0.2) is 47.6 Å². The summed E-state index contributed by atoms with van der Waals surface area (Å²) in [5, 5.41) is 4.66. The Hall–Kier alpha value is -2.04. The normalized spacial score (nSPS) is 13.8. The van der Waals surface area contributed by atoms with E-state index in [1.54, 1.807) is 23.1 Å². The maximum Gasteiger partial charge on any atom is 0.263 e. The second kappa shape index (κ2) is 7.69. The lowest BCUT2D eigenvalue weighted by Gasteiger charge is -2.28. The summed E-state index contributed by atoms with van der Waals surface area (Å²) < 4.78 is 0. The summed E-state index contributed by atoms with van der Waals surface area (Å²) >= 11 is 12.0. The molecule has 1 aliphatic heterocycles. The van der Waals surface area contributed by atoms with Gasteiger partial charge in [0.25, 0.3) is 5.91 Å². The van der Waals surface area contributed by atoms with Crippen molar-refractivity contribution in [3.63, 3.8) is 0 Å². The van der Waals surface area contributed by atoms with Crippen molar-refractivity contribution in [2.24, 2.45) is 5.16 Å². The minimum absolute atomic E-state index is 0.0844. The van der Waals surface area contributed by atoms with E-state index >= 15 is 0 Å². The van der Waals surface area contributed by atoms with Crippen LogP contribution in [-0.2, 0) is 22.6 Å². The van der Waals surface area contributed by atoms with Gasteiger partial charge in [-0.2, -0.15) is 0 Å². The second-order valence-corrected chi connectivity index (χ2v) is 6.27. The van der Waals surface area contributed by atoms with Crippen molar-refractivity contribution in [1.82, 2.24) is 4.90 Å². The summed E-state index contributed by atoms with van der Waals surface area (Å²) in [6.07, 6.45) is 2.32. The van der Waals surface area contributed by atoms with Gasteiger partial charge in [-0.1, -0.05) is 64.8 Å². The van der Waals surface area contributed by atoms with Crippen molar-refractivity contribution in [2.45, 2.75) is 13.0 Å². The standard InChI is InChI=1S/C18H16Cl2N2O2/c19-16-7-3-6-14(18(16)20)10-21-24-12-17(23)22-9-8-13-4-1-2-5-15(13)11-22/h1-7,10H,8-9,11-12H2/b21-10-. The van der Waals surface area contributed by atoms with Crippen LogP contribution in [0.25, 0.3) is 0 Å². The molecule has 6 heteroatoms. The van der Waals surface area contributed by atoms with Crippen LogP contribution < -0.4 is 0 Å². The number of carbonyl (C=O) groups is 1. The highest BCUT2D eigenvalue weighted by Gasteiger charge is 2.20. The summed E-state index contributed by atoms with van der Waals surface area (Å²) in [7, 11) is 0. The lowest BCUT2D eigenvalue weighted by Crippen LogP contribution is -2.37. The van der Waals surface area contributed by atoms with Gasteiger partial charge in [0.15, 0.2) is 6.61 Å². The number of hydrogen-bond acceptors (Lipinski definition) is 3. The molecule has 124 valence electrons. The number of halogens is 2. The van der Waals surface area contributed by atoms with E-state index in [2.05, 4.69) is 17.3 Å². The van der Waals surface area contributed by atoms with Gasteiger partial charge in [0.1, 0.15) is 0 Å². The number of nitrogens with zero attached hydrogens (tertiary/aromatic N) is 2. The summed E-state index contributed by atoms with van der Waals surface area (Å²) in [6.45, 7) is 1.21. The Morgan fingerprint density at radius 1 is 1.17 bits per heavy atom. The number of amides is 1. The van der Waals surface area contributed by atoms with Crippen molar-refractivity contribution in [1.29, 1.82) is 0 Å². The van der Waals surface area contributed by atoms with Crippen LogP contribution in [0.1, 0.15) is 16.7 Å². The number of fused-ring (bicyclic) bond motifs is 1. The fourth-order valence-electron chi connectivity index (χ4n) is 2.61. The minimum Gasteiger partial charge on any atom is -0.386 e. The van der Waals surface area contributed by atoms with Gasteiger partial charge in [-0.15, -0.1) is 0 Å². The van der Waals surface area contributed by atoms with Crippen LogP contribution in [0.5, 0.6) is 0 Å². The second-order valence-electron chi connectivity index (χ2n) is 5.48. The van der Waals surface area contributed by atoms with Crippen molar-refractivity contribution >= 4 is 35.3 Å². The molecule has 0 N–H and O–H groups in total. The van der Waals surface area contributed by atoms with Gasteiger partial charge in [0, 0.05) is 18.7 Å². The molecule has 0 bridgehead atoms. The predicted molar refractivity (Wildman–Crippen MR) is 95.6 cm³/mol. The molecule has 24 heavy (non-hydrogen) atoms. The van der Waals surface area contributed by atoms with Gasteiger partial charge in [-0.3, -0.25) is 4.79 Å². The zero-order valence-electron chi connectivity index (χ0n) is 12.9. The van der Waals surface area contributed by atoms with Crippen LogP contribution in [0.3, 0.4) is 0 Å². The molecule has 0 saturated heterocycles. The number of hydrogen-bond donors (Lipinski definition) is 0. The molecule has 0 aliphatic carbocycles. The van der Waals surface area contributed by atoms with Crippen LogP contribution in [0.4, 0.5) is 0 Å². The quantitative estimate of drug-likeness (QED) is 0.610. The third-order valence-corrected chi connectivity index (χ3v) is 4.75. The molecule has 0 aromatic heterocycles. The first kappa shape index (κ1) is 16.8. The zero-order valence-corrected chi connectivity index (χ0v) is 14.4. The molecule has 2 aromatic carbocycles. The van der Waals surface area contributed by atoms with Crippen molar-refractivity contribution < 1.29 is 9.63 Å². The highest BCUT2D eigenvalue weighted by molar-refractivity contribution is 6.43.